The van der Waals surface area contributed by atoms with Crippen molar-refractivity contribution in [1.29, 1.82) is 0 Å². The van der Waals surface area contributed by atoms with Crippen LogP contribution in [0.25, 0.3) is 10.9 Å². The van der Waals surface area contributed by atoms with Crippen LogP contribution in [0.1, 0.15) is 35.7 Å². The summed E-state index contributed by atoms with van der Waals surface area (Å²) >= 11 is 0. The zero-order valence-corrected chi connectivity index (χ0v) is 16.2. The highest BCUT2D eigenvalue weighted by Crippen LogP contribution is 2.31. The molecule has 0 unspecified atom stereocenters. The van der Waals surface area contributed by atoms with Gasteiger partial charge in [0.15, 0.2) is 0 Å². The molecule has 1 heterocycles. The smallest absolute Gasteiger partial charge is 0.339 e. The lowest BCUT2D eigenvalue weighted by atomic mass is 10.1. The number of aromatic nitrogens is 1. The van der Waals surface area contributed by atoms with Gasteiger partial charge in [0.25, 0.3) is 0 Å². The van der Waals surface area contributed by atoms with Crippen LogP contribution in [0, 0.1) is 0 Å². The first kappa shape index (κ1) is 20.5. The number of rotatable bonds is 7. The van der Waals surface area contributed by atoms with Crippen LogP contribution in [0.3, 0.4) is 0 Å². The van der Waals surface area contributed by atoms with Crippen LogP contribution < -0.4 is 10.1 Å². The SMILES string of the molecule is CCCCc1ccc(Nc2c(C(=O)O)cnc3ccc(OC)cc23)cc1.Cl. The van der Waals surface area contributed by atoms with E-state index in [-0.39, 0.29) is 18.0 Å². The van der Waals surface area contributed by atoms with E-state index in [9.17, 15) is 9.90 Å². The first-order chi connectivity index (χ1) is 12.6. The summed E-state index contributed by atoms with van der Waals surface area (Å²) in [6, 6.07) is 13.5. The Morgan fingerprint density at radius 3 is 2.56 bits per heavy atom. The number of benzene rings is 2. The second kappa shape index (κ2) is 9.24. The normalized spacial score (nSPS) is 10.3. The van der Waals surface area contributed by atoms with Gasteiger partial charge in [-0.15, -0.1) is 12.4 Å². The van der Waals surface area contributed by atoms with Crippen molar-refractivity contribution in [2.75, 3.05) is 12.4 Å². The molecule has 0 fully saturated rings. The van der Waals surface area contributed by atoms with Crippen LogP contribution in [0.2, 0.25) is 0 Å². The van der Waals surface area contributed by atoms with Crippen LogP contribution in [-0.4, -0.2) is 23.2 Å². The minimum absolute atomic E-state index is 0. The van der Waals surface area contributed by atoms with Gasteiger partial charge in [0.2, 0.25) is 0 Å². The molecule has 0 aliphatic carbocycles. The topological polar surface area (TPSA) is 71.5 Å². The van der Waals surface area contributed by atoms with E-state index in [0.29, 0.717) is 22.3 Å². The fourth-order valence-electron chi connectivity index (χ4n) is 2.88. The van der Waals surface area contributed by atoms with Gasteiger partial charge in [-0.2, -0.15) is 0 Å². The van der Waals surface area contributed by atoms with E-state index < -0.39 is 5.97 Å². The minimum Gasteiger partial charge on any atom is -0.497 e. The Balaban J connectivity index is 0.00000261. The number of unbranched alkanes of at least 4 members (excludes halogenated alkanes) is 1. The number of pyridine rings is 1. The summed E-state index contributed by atoms with van der Waals surface area (Å²) in [7, 11) is 1.58. The highest BCUT2D eigenvalue weighted by atomic mass is 35.5. The van der Waals surface area contributed by atoms with Gasteiger partial charge in [-0.05, 0) is 48.7 Å². The molecule has 5 nitrogen and oxygen atoms in total. The molecule has 6 heteroatoms. The summed E-state index contributed by atoms with van der Waals surface area (Å²) in [5.74, 6) is -0.371. The molecule has 0 atom stereocenters. The minimum atomic E-state index is -1.02. The van der Waals surface area contributed by atoms with E-state index in [1.165, 1.54) is 11.8 Å². The highest BCUT2D eigenvalue weighted by molar-refractivity contribution is 6.05. The fraction of sp³-hybridized carbons (Fsp3) is 0.238. The predicted octanol–water partition coefficient (Wildman–Crippen LogP) is 5.45. The lowest BCUT2D eigenvalue weighted by molar-refractivity contribution is 0.0697. The predicted molar refractivity (Wildman–Crippen MR) is 111 cm³/mol. The summed E-state index contributed by atoms with van der Waals surface area (Å²) in [5.41, 5.74) is 3.46. The zero-order valence-electron chi connectivity index (χ0n) is 15.4. The molecule has 0 radical (unpaired) electrons. The van der Waals surface area contributed by atoms with E-state index >= 15 is 0 Å². The van der Waals surface area contributed by atoms with Gasteiger partial charge in [-0.1, -0.05) is 25.5 Å². The van der Waals surface area contributed by atoms with Crippen molar-refractivity contribution >= 4 is 40.7 Å². The summed E-state index contributed by atoms with van der Waals surface area (Å²) in [4.78, 5) is 15.9. The number of fused-ring (bicyclic) bond motifs is 1. The molecule has 0 spiro atoms. The molecular weight excluding hydrogens is 364 g/mol. The molecular formula is C21H23ClN2O3. The number of ether oxygens (including phenoxy) is 1. The maximum absolute atomic E-state index is 11.7. The molecule has 3 aromatic rings. The van der Waals surface area contributed by atoms with Crippen LogP contribution in [0.4, 0.5) is 11.4 Å². The van der Waals surface area contributed by atoms with Gasteiger partial charge in [0.05, 0.1) is 18.3 Å². The first-order valence-corrected chi connectivity index (χ1v) is 8.68. The van der Waals surface area contributed by atoms with Crippen LogP contribution in [-0.2, 0) is 6.42 Å². The molecule has 0 aliphatic rings. The molecule has 2 N–H and O–H groups in total. The standard InChI is InChI=1S/C21H22N2O3.ClH/c1-3-4-5-14-6-8-15(9-7-14)23-20-17-12-16(26-2)10-11-19(17)22-13-18(20)21(24)25;/h6-13H,3-5H2,1-2H3,(H,22,23)(H,24,25);1H. The average Bonchev–Trinajstić information content (AvgIpc) is 2.67. The molecule has 0 saturated carbocycles. The molecule has 0 saturated heterocycles. The van der Waals surface area contributed by atoms with Crippen molar-refractivity contribution in [3.05, 3.63) is 59.8 Å². The average molecular weight is 387 g/mol. The van der Waals surface area contributed by atoms with Crippen LogP contribution in [0.5, 0.6) is 5.75 Å². The fourth-order valence-corrected chi connectivity index (χ4v) is 2.88. The number of nitrogens with zero attached hydrogens (tertiary/aromatic N) is 1. The van der Waals surface area contributed by atoms with E-state index in [4.69, 9.17) is 4.74 Å². The quantitative estimate of drug-likeness (QED) is 0.565. The number of carboxylic acids is 1. The number of methoxy groups -OCH3 is 1. The molecule has 0 bridgehead atoms. The van der Waals surface area contributed by atoms with E-state index in [2.05, 4.69) is 29.4 Å². The Labute approximate surface area is 164 Å². The number of hydrogen-bond donors (Lipinski definition) is 2. The second-order valence-corrected chi connectivity index (χ2v) is 6.16. The first-order valence-electron chi connectivity index (χ1n) is 8.68. The number of aromatic carboxylic acids is 1. The van der Waals surface area contributed by atoms with Crippen molar-refractivity contribution in [2.24, 2.45) is 0 Å². The summed E-state index contributed by atoms with van der Waals surface area (Å²) in [6.07, 6.45) is 4.75. The van der Waals surface area contributed by atoms with Crippen molar-refractivity contribution < 1.29 is 14.6 Å². The molecule has 2 aromatic carbocycles. The number of carbonyl (C=O) groups is 1. The lowest BCUT2D eigenvalue weighted by Gasteiger charge is -2.14. The van der Waals surface area contributed by atoms with Crippen molar-refractivity contribution in [2.45, 2.75) is 26.2 Å². The molecule has 142 valence electrons. The van der Waals surface area contributed by atoms with Crippen molar-refractivity contribution in [1.82, 2.24) is 4.98 Å². The highest BCUT2D eigenvalue weighted by Gasteiger charge is 2.15. The van der Waals surface area contributed by atoms with Gasteiger partial charge in [0.1, 0.15) is 11.3 Å². The third-order valence-corrected chi connectivity index (χ3v) is 4.35. The molecule has 3 rings (SSSR count). The largest absolute Gasteiger partial charge is 0.497 e. The third kappa shape index (κ3) is 4.68. The number of hydrogen-bond acceptors (Lipinski definition) is 4. The zero-order chi connectivity index (χ0) is 18.5. The Kier molecular flexibility index (Phi) is 7.02. The van der Waals surface area contributed by atoms with Crippen molar-refractivity contribution in [3.63, 3.8) is 0 Å². The van der Waals surface area contributed by atoms with Gasteiger partial charge >= 0.3 is 5.97 Å². The molecule has 0 aliphatic heterocycles. The number of anilines is 2. The number of aryl methyl sites for hydroxylation is 1. The molecule has 0 amide bonds. The maximum atomic E-state index is 11.7. The molecule has 1 aromatic heterocycles. The Morgan fingerprint density at radius 1 is 1.19 bits per heavy atom. The van der Waals surface area contributed by atoms with Crippen LogP contribution in [0.15, 0.2) is 48.7 Å². The van der Waals surface area contributed by atoms with Crippen LogP contribution >= 0.6 is 12.4 Å². The Hall–Kier alpha value is -2.79. The summed E-state index contributed by atoms with van der Waals surface area (Å²) in [5, 5.41) is 13.5. The van der Waals surface area contributed by atoms with Gasteiger partial charge in [-0.3, -0.25) is 4.98 Å². The maximum Gasteiger partial charge on any atom is 0.339 e. The van der Waals surface area contributed by atoms with Gasteiger partial charge < -0.3 is 15.2 Å². The summed E-state index contributed by atoms with van der Waals surface area (Å²) in [6.45, 7) is 2.17. The van der Waals surface area contributed by atoms with E-state index in [1.54, 1.807) is 13.2 Å². The second-order valence-electron chi connectivity index (χ2n) is 6.16. The Bertz CT molecular complexity index is 927. The third-order valence-electron chi connectivity index (χ3n) is 4.35. The monoisotopic (exact) mass is 386 g/mol. The Morgan fingerprint density at radius 2 is 1.93 bits per heavy atom. The van der Waals surface area contributed by atoms with E-state index in [1.807, 2.05) is 24.3 Å². The summed E-state index contributed by atoms with van der Waals surface area (Å²) < 4.78 is 5.28. The lowest BCUT2D eigenvalue weighted by Crippen LogP contribution is -2.05. The number of halogens is 1. The van der Waals surface area contributed by atoms with Gasteiger partial charge in [-0.25, -0.2) is 4.79 Å². The number of nitrogens with one attached hydrogen (secondary N) is 1. The molecule has 27 heavy (non-hydrogen) atoms. The van der Waals surface area contributed by atoms with Gasteiger partial charge in [0, 0.05) is 17.3 Å². The van der Waals surface area contributed by atoms with Crippen molar-refractivity contribution in [3.8, 4) is 5.75 Å². The number of carboxylic acid groups (broad SMARTS) is 1. The van der Waals surface area contributed by atoms with E-state index in [0.717, 1.165) is 24.9 Å².